The second-order valence-corrected chi connectivity index (χ2v) is 9.24. The number of hydrogen-bond acceptors (Lipinski definition) is 5. The standard InChI is InChI=1S/C16H17F3N4O2S/c17-16(18,19)15-10-23(9-13(15)3-5-26(15,24)25)8-12-7-21-22-14(12)11-2-1-4-20-6-11/h1-2,4,6-7,13H,3,5,8-10H2,(H,21,22)/t13-,15+/m1/s1. The summed E-state index contributed by atoms with van der Waals surface area (Å²) in [7, 11) is -4.22. The summed E-state index contributed by atoms with van der Waals surface area (Å²) < 4.78 is 63.2. The van der Waals surface area contributed by atoms with Gasteiger partial charge >= 0.3 is 6.18 Å². The fourth-order valence-electron chi connectivity index (χ4n) is 4.19. The Bertz CT molecular complexity index is 913. The minimum Gasteiger partial charge on any atom is -0.297 e. The van der Waals surface area contributed by atoms with Gasteiger partial charge in [0.2, 0.25) is 0 Å². The van der Waals surface area contributed by atoms with Crippen LogP contribution < -0.4 is 0 Å². The molecule has 0 aromatic carbocycles. The molecule has 6 nitrogen and oxygen atoms in total. The number of nitrogens with one attached hydrogen (secondary N) is 1. The lowest BCUT2D eigenvalue weighted by atomic mass is 9.93. The molecule has 2 atom stereocenters. The van der Waals surface area contributed by atoms with Crippen LogP contribution in [-0.4, -0.2) is 58.3 Å². The van der Waals surface area contributed by atoms with Gasteiger partial charge in [0.05, 0.1) is 17.6 Å². The molecule has 26 heavy (non-hydrogen) atoms. The minimum absolute atomic E-state index is 0.0548. The molecular weight excluding hydrogens is 369 g/mol. The number of alkyl halides is 3. The summed E-state index contributed by atoms with van der Waals surface area (Å²) in [6, 6.07) is 3.58. The molecule has 0 saturated carbocycles. The quantitative estimate of drug-likeness (QED) is 0.873. The van der Waals surface area contributed by atoms with E-state index >= 15 is 0 Å². The van der Waals surface area contributed by atoms with Crippen LogP contribution in [0.1, 0.15) is 12.0 Å². The van der Waals surface area contributed by atoms with Crippen LogP contribution in [0.2, 0.25) is 0 Å². The zero-order chi connectivity index (χ0) is 18.6. The Morgan fingerprint density at radius 2 is 2.15 bits per heavy atom. The Kier molecular flexibility index (Phi) is 3.88. The second-order valence-electron chi connectivity index (χ2n) is 6.87. The van der Waals surface area contributed by atoms with Gasteiger partial charge in [-0.2, -0.15) is 18.3 Å². The minimum atomic E-state index is -4.77. The highest BCUT2D eigenvalue weighted by molar-refractivity contribution is 7.93. The van der Waals surface area contributed by atoms with Gasteiger partial charge in [-0.3, -0.25) is 15.0 Å². The predicted molar refractivity (Wildman–Crippen MR) is 87.8 cm³/mol. The lowest BCUT2D eigenvalue weighted by molar-refractivity contribution is -0.165. The van der Waals surface area contributed by atoms with E-state index in [-0.39, 0.29) is 19.5 Å². The summed E-state index contributed by atoms with van der Waals surface area (Å²) in [5.74, 6) is -1.31. The molecule has 0 bridgehead atoms. The topological polar surface area (TPSA) is 79.0 Å². The van der Waals surface area contributed by atoms with Gasteiger partial charge in [-0.1, -0.05) is 0 Å². The number of likely N-dealkylation sites (tertiary alicyclic amines) is 1. The molecule has 0 unspecified atom stereocenters. The lowest BCUT2D eigenvalue weighted by Crippen LogP contribution is -2.54. The molecule has 2 saturated heterocycles. The number of pyridine rings is 1. The normalized spacial score (nSPS) is 28.3. The van der Waals surface area contributed by atoms with E-state index in [2.05, 4.69) is 15.2 Å². The summed E-state index contributed by atoms with van der Waals surface area (Å²) in [4.78, 5) is 5.60. The molecule has 2 aliphatic heterocycles. The van der Waals surface area contributed by atoms with E-state index in [1.54, 1.807) is 29.6 Å². The van der Waals surface area contributed by atoms with Crippen LogP contribution in [0.4, 0.5) is 13.2 Å². The number of aromatic nitrogens is 3. The highest BCUT2D eigenvalue weighted by Crippen LogP contribution is 2.53. The van der Waals surface area contributed by atoms with Crippen molar-refractivity contribution in [2.75, 3.05) is 18.8 Å². The monoisotopic (exact) mass is 386 g/mol. The summed E-state index contributed by atoms with van der Waals surface area (Å²) in [6.45, 7) is -0.220. The molecular formula is C16H17F3N4O2S. The third-order valence-electron chi connectivity index (χ3n) is 5.43. The molecule has 1 N–H and O–H groups in total. The summed E-state index contributed by atoms with van der Waals surface area (Å²) in [6.07, 6.45) is 0.102. The number of rotatable bonds is 3. The van der Waals surface area contributed by atoms with Crippen LogP contribution >= 0.6 is 0 Å². The fraction of sp³-hybridized carbons (Fsp3) is 0.500. The molecule has 2 aromatic rings. The van der Waals surface area contributed by atoms with Crippen molar-refractivity contribution in [2.24, 2.45) is 5.92 Å². The van der Waals surface area contributed by atoms with E-state index in [9.17, 15) is 21.6 Å². The van der Waals surface area contributed by atoms with Crippen molar-refractivity contribution < 1.29 is 21.6 Å². The van der Waals surface area contributed by atoms with Crippen LogP contribution in [0, 0.1) is 5.92 Å². The molecule has 0 spiro atoms. The molecule has 2 aliphatic rings. The number of fused-ring (bicyclic) bond motifs is 1. The Morgan fingerprint density at radius 1 is 1.35 bits per heavy atom. The summed E-state index contributed by atoms with van der Waals surface area (Å²) >= 11 is 0. The molecule has 0 radical (unpaired) electrons. The smallest absolute Gasteiger partial charge is 0.297 e. The maximum Gasteiger partial charge on any atom is 0.409 e. The number of halogens is 3. The highest BCUT2D eigenvalue weighted by atomic mass is 32.2. The van der Waals surface area contributed by atoms with Gasteiger partial charge in [-0.15, -0.1) is 0 Å². The SMILES string of the molecule is O=S1(=O)CC[C@@H]2CN(Cc3cn[nH]c3-c3cccnc3)C[C@@]21C(F)(F)F. The van der Waals surface area contributed by atoms with Crippen molar-refractivity contribution in [3.63, 3.8) is 0 Å². The van der Waals surface area contributed by atoms with Crippen LogP contribution in [0.15, 0.2) is 30.7 Å². The third kappa shape index (κ3) is 2.46. The van der Waals surface area contributed by atoms with Crippen molar-refractivity contribution in [1.29, 1.82) is 0 Å². The Morgan fingerprint density at radius 3 is 2.81 bits per heavy atom. The van der Waals surface area contributed by atoms with Crippen LogP contribution in [-0.2, 0) is 16.4 Å². The van der Waals surface area contributed by atoms with E-state index in [0.717, 1.165) is 5.56 Å². The number of aromatic amines is 1. The summed E-state index contributed by atoms with van der Waals surface area (Å²) in [5.41, 5.74) is 2.17. The number of H-pyrrole nitrogens is 1. The van der Waals surface area contributed by atoms with E-state index in [0.29, 0.717) is 11.3 Å². The molecule has 0 amide bonds. The predicted octanol–water partition coefficient (Wildman–Crippen LogP) is 2.02. The Balaban J connectivity index is 1.63. The van der Waals surface area contributed by atoms with Crippen molar-refractivity contribution in [3.05, 3.63) is 36.3 Å². The van der Waals surface area contributed by atoms with Crippen LogP contribution in [0.5, 0.6) is 0 Å². The van der Waals surface area contributed by atoms with E-state index < -0.39 is 39.0 Å². The average Bonchev–Trinajstić information content (AvgIpc) is 3.24. The largest absolute Gasteiger partial charge is 0.409 e. The van der Waals surface area contributed by atoms with Gasteiger partial charge in [0.25, 0.3) is 0 Å². The van der Waals surface area contributed by atoms with Crippen LogP contribution in [0.3, 0.4) is 0 Å². The molecule has 0 aliphatic carbocycles. The zero-order valence-electron chi connectivity index (χ0n) is 13.7. The molecule has 4 rings (SSSR count). The van der Waals surface area contributed by atoms with Crippen LogP contribution in [0.25, 0.3) is 11.3 Å². The second kappa shape index (κ2) is 5.78. The molecule has 4 heterocycles. The van der Waals surface area contributed by atoms with Gasteiger partial charge in [0, 0.05) is 49.1 Å². The van der Waals surface area contributed by atoms with Gasteiger partial charge in [0.1, 0.15) is 0 Å². The third-order valence-corrected chi connectivity index (χ3v) is 8.01. The van der Waals surface area contributed by atoms with Gasteiger partial charge < -0.3 is 0 Å². The van der Waals surface area contributed by atoms with Gasteiger partial charge in [-0.05, 0) is 18.6 Å². The number of hydrogen-bond donors (Lipinski definition) is 1. The first kappa shape index (κ1) is 17.5. The lowest BCUT2D eigenvalue weighted by Gasteiger charge is -2.30. The van der Waals surface area contributed by atoms with Crippen molar-refractivity contribution >= 4 is 9.84 Å². The van der Waals surface area contributed by atoms with Crippen molar-refractivity contribution in [1.82, 2.24) is 20.1 Å². The van der Waals surface area contributed by atoms with E-state index in [1.165, 1.54) is 0 Å². The first-order chi connectivity index (χ1) is 12.2. The zero-order valence-corrected chi connectivity index (χ0v) is 14.5. The Labute approximate surface area is 148 Å². The number of nitrogens with zero attached hydrogens (tertiary/aromatic N) is 3. The van der Waals surface area contributed by atoms with E-state index in [4.69, 9.17) is 0 Å². The summed E-state index contributed by atoms with van der Waals surface area (Å²) in [5, 5.41) is 6.83. The molecule has 140 valence electrons. The Hall–Kier alpha value is -1.94. The van der Waals surface area contributed by atoms with Gasteiger partial charge in [-0.25, -0.2) is 8.42 Å². The maximum absolute atomic E-state index is 13.8. The highest BCUT2D eigenvalue weighted by Gasteiger charge is 2.73. The maximum atomic E-state index is 13.8. The molecule has 2 fully saturated rings. The first-order valence-electron chi connectivity index (χ1n) is 8.18. The van der Waals surface area contributed by atoms with Crippen molar-refractivity contribution in [3.8, 4) is 11.3 Å². The molecule has 10 heteroatoms. The first-order valence-corrected chi connectivity index (χ1v) is 9.84. The van der Waals surface area contributed by atoms with E-state index in [1.807, 2.05) is 6.07 Å². The number of sulfone groups is 1. The molecule has 2 aromatic heterocycles. The van der Waals surface area contributed by atoms with Gasteiger partial charge in [0.15, 0.2) is 14.6 Å². The van der Waals surface area contributed by atoms with Crippen molar-refractivity contribution in [2.45, 2.75) is 23.9 Å². The fourth-order valence-corrected chi connectivity index (χ4v) is 6.58. The average molecular weight is 386 g/mol.